The fourth-order valence-corrected chi connectivity index (χ4v) is 1.92. The molecule has 0 fully saturated rings. The summed E-state index contributed by atoms with van der Waals surface area (Å²) in [6.45, 7) is 2.84. The van der Waals surface area contributed by atoms with E-state index in [2.05, 4.69) is 28.2 Å². The molecule has 3 nitrogen and oxygen atoms in total. The first-order valence-electron chi connectivity index (χ1n) is 6.20. The van der Waals surface area contributed by atoms with Crippen LogP contribution in [-0.4, -0.2) is 31.4 Å². The summed E-state index contributed by atoms with van der Waals surface area (Å²) < 4.78 is 0. The Hall–Kier alpha value is -1.03. The number of hydrogen-bond donors (Lipinski definition) is 1. The van der Waals surface area contributed by atoms with Gasteiger partial charge in [0, 0.05) is 36.7 Å². The standard InChI is InChI=1S/C14H21BrN2O/c1-11(15)5-4-10-16-14(18)12-6-8-13(9-7-12)17(2)3/h6-9,11H,4-5,10H2,1-3H3,(H,16,18). The van der Waals surface area contributed by atoms with Crippen LogP contribution in [0.3, 0.4) is 0 Å². The highest BCUT2D eigenvalue weighted by molar-refractivity contribution is 9.09. The normalized spacial score (nSPS) is 12.0. The van der Waals surface area contributed by atoms with E-state index >= 15 is 0 Å². The molecule has 1 aromatic rings. The molecule has 1 aromatic carbocycles. The average Bonchev–Trinajstić information content (AvgIpc) is 2.34. The zero-order chi connectivity index (χ0) is 13.5. The van der Waals surface area contributed by atoms with Crippen molar-refractivity contribution in [2.24, 2.45) is 0 Å². The molecule has 1 unspecified atom stereocenters. The second-order valence-corrected chi connectivity index (χ2v) is 6.18. The Labute approximate surface area is 118 Å². The number of alkyl halides is 1. The number of halogens is 1. The summed E-state index contributed by atoms with van der Waals surface area (Å²) in [4.78, 5) is 14.4. The van der Waals surface area contributed by atoms with Gasteiger partial charge in [-0.3, -0.25) is 4.79 Å². The first-order valence-corrected chi connectivity index (χ1v) is 7.12. The van der Waals surface area contributed by atoms with Gasteiger partial charge in [0.25, 0.3) is 5.91 Å². The van der Waals surface area contributed by atoms with Gasteiger partial charge in [-0.05, 0) is 37.1 Å². The largest absolute Gasteiger partial charge is 0.378 e. The second kappa shape index (κ2) is 7.41. The number of carbonyl (C=O) groups is 1. The molecule has 0 heterocycles. The molecule has 0 aliphatic heterocycles. The fourth-order valence-electron chi connectivity index (χ4n) is 1.60. The number of hydrogen-bond acceptors (Lipinski definition) is 2. The van der Waals surface area contributed by atoms with E-state index in [1.807, 2.05) is 43.3 Å². The molecule has 1 rings (SSSR count). The molecule has 0 spiro atoms. The van der Waals surface area contributed by atoms with Crippen LogP contribution in [0, 0.1) is 0 Å². The molecule has 0 aliphatic rings. The highest BCUT2D eigenvalue weighted by atomic mass is 79.9. The molecule has 0 aliphatic carbocycles. The van der Waals surface area contributed by atoms with Gasteiger partial charge in [0.2, 0.25) is 0 Å². The highest BCUT2D eigenvalue weighted by Gasteiger charge is 2.05. The molecule has 0 aromatic heterocycles. The first-order chi connectivity index (χ1) is 8.50. The van der Waals surface area contributed by atoms with Gasteiger partial charge >= 0.3 is 0 Å². The van der Waals surface area contributed by atoms with Gasteiger partial charge in [-0.25, -0.2) is 0 Å². The van der Waals surface area contributed by atoms with Crippen LogP contribution >= 0.6 is 15.9 Å². The molecule has 0 bridgehead atoms. The van der Waals surface area contributed by atoms with Crippen LogP contribution in [-0.2, 0) is 0 Å². The second-order valence-electron chi connectivity index (χ2n) is 4.62. The molecule has 1 N–H and O–H groups in total. The first kappa shape index (κ1) is 15.0. The SMILES string of the molecule is CC(Br)CCCNC(=O)c1ccc(N(C)C)cc1. The minimum Gasteiger partial charge on any atom is -0.378 e. The van der Waals surface area contributed by atoms with Crippen molar-refractivity contribution in [3.8, 4) is 0 Å². The van der Waals surface area contributed by atoms with Crippen molar-refractivity contribution in [3.63, 3.8) is 0 Å². The number of amides is 1. The summed E-state index contributed by atoms with van der Waals surface area (Å²) in [5.74, 6) is 0.00234. The molecule has 0 saturated heterocycles. The molecule has 0 saturated carbocycles. The Morgan fingerprint density at radius 3 is 2.44 bits per heavy atom. The average molecular weight is 313 g/mol. The van der Waals surface area contributed by atoms with E-state index in [1.54, 1.807) is 0 Å². The van der Waals surface area contributed by atoms with Gasteiger partial charge in [0.1, 0.15) is 0 Å². The summed E-state index contributed by atoms with van der Waals surface area (Å²) in [5, 5.41) is 2.93. The molecule has 100 valence electrons. The van der Waals surface area contributed by atoms with E-state index in [0.29, 0.717) is 10.4 Å². The Bertz CT molecular complexity index is 374. The van der Waals surface area contributed by atoms with Gasteiger partial charge in [-0.1, -0.05) is 22.9 Å². The summed E-state index contributed by atoms with van der Waals surface area (Å²) in [6, 6.07) is 7.63. The number of carbonyl (C=O) groups excluding carboxylic acids is 1. The van der Waals surface area contributed by atoms with Crippen LogP contribution in [0.2, 0.25) is 0 Å². The highest BCUT2D eigenvalue weighted by Crippen LogP contribution is 2.12. The Kier molecular flexibility index (Phi) is 6.19. The van der Waals surface area contributed by atoms with E-state index in [4.69, 9.17) is 0 Å². The lowest BCUT2D eigenvalue weighted by atomic mass is 10.2. The molecular formula is C14H21BrN2O. The number of benzene rings is 1. The van der Waals surface area contributed by atoms with Crippen LogP contribution in [0.15, 0.2) is 24.3 Å². The minimum absolute atomic E-state index is 0.00234. The zero-order valence-electron chi connectivity index (χ0n) is 11.2. The van der Waals surface area contributed by atoms with Gasteiger partial charge < -0.3 is 10.2 Å². The molecule has 4 heteroatoms. The van der Waals surface area contributed by atoms with Gasteiger partial charge in [0.15, 0.2) is 0 Å². The van der Waals surface area contributed by atoms with Crippen LogP contribution in [0.25, 0.3) is 0 Å². The molecule has 0 radical (unpaired) electrons. The minimum atomic E-state index is 0.00234. The van der Waals surface area contributed by atoms with Crippen molar-refractivity contribution >= 4 is 27.5 Å². The molecule has 18 heavy (non-hydrogen) atoms. The summed E-state index contributed by atoms with van der Waals surface area (Å²) in [7, 11) is 3.97. The van der Waals surface area contributed by atoms with Gasteiger partial charge in [-0.2, -0.15) is 0 Å². The lowest BCUT2D eigenvalue weighted by Gasteiger charge is -2.12. The maximum absolute atomic E-state index is 11.8. The maximum atomic E-state index is 11.8. The van der Waals surface area contributed by atoms with E-state index in [9.17, 15) is 4.79 Å². The van der Waals surface area contributed by atoms with Crippen LogP contribution in [0.4, 0.5) is 5.69 Å². The Morgan fingerprint density at radius 2 is 1.94 bits per heavy atom. The van der Waals surface area contributed by atoms with Crippen molar-refractivity contribution in [2.45, 2.75) is 24.6 Å². The Balaban J connectivity index is 2.42. The fraction of sp³-hybridized carbons (Fsp3) is 0.500. The predicted molar refractivity (Wildman–Crippen MR) is 80.7 cm³/mol. The van der Waals surface area contributed by atoms with Crippen molar-refractivity contribution in [1.29, 1.82) is 0 Å². The van der Waals surface area contributed by atoms with E-state index in [0.717, 1.165) is 25.1 Å². The molecule has 1 amide bonds. The monoisotopic (exact) mass is 312 g/mol. The Morgan fingerprint density at radius 1 is 1.33 bits per heavy atom. The van der Waals surface area contributed by atoms with Crippen molar-refractivity contribution in [2.75, 3.05) is 25.5 Å². The summed E-state index contributed by atoms with van der Waals surface area (Å²) in [6.07, 6.45) is 2.06. The van der Waals surface area contributed by atoms with Crippen molar-refractivity contribution in [1.82, 2.24) is 5.32 Å². The lowest BCUT2D eigenvalue weighted by Crippen LogP contribution is -2.24. The predicted octanol–water partition coefficient (Wildman–Crippen LogP) is 3.05. The topological polar surface area (TPSA) is 32.3 Å². The van der Waals surface area contributed by atoms with Crippen molar-refractivity contribution < 1.29 is 4.79 Å². The smallest absolute Gasteiger partial charge is 0.251 e. The third kappa shape index (κ3) is 5.08. The summed E-state index contributed by atoms with van der Waals surface area (Å²) in [5.41, 5.74) is 1.81. The van der Waals surface area contributed by atoms with Gasteiger partial charge in [-0.15, -0.1) is 0 Å². The molecular weight excluding hydrogens is 292 g/mol. The lowest BCUT2D eigenvalue weighted by molar-refractivity contribution is 0.0953. The summed E-state index contributed by atoms with van der Waals surface area (Å²) >= 11 is 3.49. The third-order valence-corrected chi connectivity index (χ3v) is 3.17. The van der Waals surface area contributed by atoms with Crippen LogP contribution in [0.1, 0.15) is 30.1 Å². The number of nitrogens with one attached hydrogen (secondary N) is 1. The van der Waals surface area contributed by atoms with E-state index < -0.39 is 0 Å². The number of rotatable bonds is 6. The number of nitrogens with zero attached hydrogens (tertiary/aromatic N) is 1. The van der Waals surface area contributed by atoms with Crippen molar-refractivity contribution in [3.05, 3.63) is 29.8 Å². The maximum Gasteiger partial charge on any atom is 0.251 e. The quantitative estimate of drug-likeness (QED) is 0.647. The zero-order valence-corrected chi connectivity index (χ0v) is 12.8. The van der Waals surface area contributed by atoms with E-state index in [-0.39, 0.29) is 5.91 Å². The van der Waals surface area contributed by atoms with E-state index in [1.165, 1.54) is 0 Å². The third-order valence-electron chi connectivity index (χ3n) is 2.71. The van der Waals surface area contributed by atoms with Crippen LogP contribution in [0.5, 0.6) is 0 Å². The van der Waals surface area contributed by atoms with Gasteiger partial charge in [0.05, 0.1) is 0 Å². The number of anilines is 1. The molecule has 1 atom stereocenters. The van der Waals surface area contributed by atoms with Crippen LogP contribution < -0.4 is 10.2 Å².